The molecular weight excluding hydrogens is 370 g/mol. The first-order chi connectivity index (χ1) is 13.4. The zero-order chi connectivity index (χ0) is 19.8. The van der Waals surface area contributed by atoms with Gasteiger partial charge in [0, 0.05) is 10.9 Å². The Morgan fingerprint density at radius 2 is 1.93 bits per heavy atom. The van der Waals surface area contributed by atoms with Crippen LogP contribution in [0.3, 0.4) is 0 Å². The Labute approximate surface area is 172 Å². The van der Waals surface area contributed by atoms with Crippen molar-refractivity contribution in [2.24, 2.45) is 5.92 Å². The van der Waals surface area contributed by atoms with E-state index in [1.807, 2.05) is 6.92 Å². The van der Waals surface area contributed by atoms with Gasteiger partial charge in [0.05, 0.1) is 11.5 Å². The zero-order valence-corrected chi connectivity index (χ0v) is 18.3. The van der Waals surface area contributed by atoms with E-state index in [9.17, 15) is 5.11 Å². The SMILES string of the molecule is CC(C[C@H]1CCc2sc3ncnc(OC4CCC(N(C)C)CC4)c3c21)[C@H](C)O. The molecule has 28 heavy (non-hydrogen) atoms. The van der Waals surface area contributed by atoms with Gasteiger partial charge < -0.3 is 14.7 Å². The van der Waals surface area contributed by atoms with Gasteiger partial charge in [-0.3, -0.25) is 0 Å². The monoisotopic (exact) mass is 403 g/mol. The second-order valence-corrected chi connectivity index (χ2v) is 10.1. The molecule has 154 valence electrons. The van der Waals surface area contributed by atoms with Crippen LogP contribution in [-0.2, 0) is 6.42 Å². The van der Waals surface area contributed by atoms with Crippen LogP contribution >= 0.6 is 11.3 Å². The molecule has 0 aliphatic heterocycles. The maximum absolute atomic E-state index is 9.97. The van der Waals surface area contributed by atoms with Crippen LogP contribution in [0.1, 0.15) is 68.7 Å². The van der Waals surface area contributed by atoms with Crippen molar-refractivity contribution in [1.82, 2.24) is 14.9 Å². The predicted octanol–water partition coefficient (Wildman–Crippen LogP) is 4.38. The molecule has 1 N–H and O–H groups in total. The van der Waals surface area contributed by atoms with Crippen LogP contribution < -0.4 is 4.74 Å². The summed E-state index contributed by atoms with van der Waals surface area (Å²) in [6.45, 7) is 4.04. The van der Waals surface area contributed by atoms with Crippen molar-refractivity contribution in [1.29, 1.82) is 0 Å². The van der Waals surface area contributed by atoms with E-state index in [0.717, 1.165) is 48.2 Å². The van der Waals surface area contributed by atoms with Gasteiger partial charge in [0.15, 0.2) is 0 Å². The van der Waals surface area contributed by atoms with Crippen LogP contribution in [0.25, 0.3) is 10.2 Å². The molecule has 2 aromatic heterocycles. The third kappa shape index (κ3) is 3.91. The van der Waals surface area contributed by atoms with Crippen molar-refractivity contribution in [3.05, 3.63) is 16.8 Å². The molecule has 0 spiro atoms. The third-order valence-electron chi connectivity index (χ3n) is 6.83. The number of aliphatic hydroxyl groups is 1. The minimum Gasteiger partial charge on any atom is -0.474 e. The molecule has 2 heterocycles. The first-order valence-electron chi connectivity index (χ1n) is 10.7. The lowest BCUT2D eigenvalue weighted by Gasteiger charge is -2.32. The average Bonchev–Trinajstić information content (AvgIpc) is 3.22. The number of aliphatic hydroxyl groups excluding tert-OH is 1. The highest BCUT2D eigenvalue weighted by Crippen LogP contribution is 2.48. The van der Waals surface area contributed by atoms with E-state index in [-0.39, 0.29) is 12.2 Å². The third-order valence-corrected chi connectivity index (χ3v) is 8.00. The van der Waals surface area contributed by atoms with Crippen LogP contribution in [0, 0.1) is 5.92 Å². The largest absolute Gasteiger partial charge is 0.474 e. The van der Waals surface area contributed by atoms with Crippen molar-refractivity contribution < 1.29 is 9.84 Å². The first kappa shape index (κ1) is 20.0. The van der Waals surface area contributed by atoms with Gasteiger partial charge in [-0.05, 0) is 83.4 Å². The highest BCUT2D eigenvalue weighted by atomic mass is 32.1. The lowest BCUT2D eigenvalue weighted by Crippen LogP contribution is -2.35. The van der Waals surface area contributed by atoms with Gasteiger partial charge in [-0.25, -0.2) is 9.97 Å². The highest BCUT2D eigenvalue weighted by Gasteiger charge is 2.32. The molecule has 0 amide bonds. The number of hydrogen-bond acceptors (Lipinski definition) is 6. The summed E-state index contributed by atoms with van der Waals surface area (Å²) < 4.78 is 6.47. The minimum absolute atomic E-state index is 0.251. The quantitative estimate of drug-likeness (QED) is 0.776. The van der Waals surface area contributed by atoms with Crippen LogP contribution in [0.5, 0.6) is 5.88 Å². The number of nitrogens with zero attached hydrogens (tertiary/aromatic N) is 3. The lowest BCUT2D eigenvalue weighted by atomic mass is 9.88. The molecule has 1 fully saturated rings. The molecule has 3 atom stereocenters. The number of aromatic nitrogens is 2. The molecule has 0 aromatic carbocycles. The molecule has 0 bridgehead atoms. The Morgan fingerprint density at radius 1 is 1.18 bits per heavy atom. The number of fused-ring (bicyclic) bond motifs is 3. The summed E-state index contributed by atoms with van der Waals surface area (Å²) in [6.07, 6.45) is 9.46. The van der Waals surface area contributed by atoms with Crippen LogP contribution in [-0.4, -0.2) is 52.3 Å². The standard InChI is InChI=1S/C22H33N3O2S/c1-13(14(2)26)11-15-5-10-18-19(15)20-21(23-12-24-22(20)28-18)27-17-8-6-16(7-9-17)25(3)4/h12-17,26H,5-11H2,1-4H3/t13?,14-,15+,16?,17?/m0/s1. The van der Waals surface area contributed by atoms with Gasteiger partial charge in [0.1, 0.15) is 17.3 Å². The van der Waals surface area contributed by atoms with E-state index in [1.54, 1.807) is 17.7 Å². The van der Waals surface area contributed by atoms with E-state index < -0.39 is 0 Å². The Bertz CT molecular complexity index is 811. The minimum atomic E-state index is -0.271. The lowest BCUT2D eigenvalue weighted by molar-refractivity contribution is 0.108. The molecule has 0 saturated heterocycles. The summed E-state index contributed by atoms with van der Waals surface area (Å²) in [5, 5.41) is 11.1. The Morgan fingerprint density at radius 3 is 2.61 bits per heavy atom. The number of aryl methyl sites for hydroxylation is 1. The topological polar surface area (TPSA) is 58.5 Å². The Balaban J connectivity index is 1.57. The average molecular weight is 404 g/mol. The van der Waals surface area contributed by atoms with E-state index in [2.05, 4.69) is 35.9 Å². The number of rotatable bonds is 6. The summed E-state index contributed by atoms with van der Waals surface area (Å²) in [4.78, 5) is 14.0. The fourth-order valence-corrected chi connectivity index (χ4v) is 6.08. The summed E-state index contributed by atoms with van der Waals surface area (Å²) in [6, 6.07) is 0.669. The Kier molecular flexibility index (Phi) is 5.91. The molecule has 1 unspecified atom stereocenters. The highest BCUT2D eigenvalue weighted by molar-refractivity contribution is 7.19. The molecule has 2 aliphatic rings. The molecule has 2 aliphatic carbocycles. The van der Waals surface area contributed by atoms with E-state index in [1.165, 1.54) is 23.3 Å². The van der Waals surface area contributed by atoms with Crippen LogP contribution in [0.15, 0.2) is 6.33 Å². The van der Waals surface area contributed by atoms with Crippen LogP contribution in [0.2, 0.25) is 0 Å². The predicted molar refractivity (Wildman–Crippen MR) is 114 cm³/mol. The van der Waals surface area contributed by atoms with Crippen molar-refractivity contribution in [2.45, 2.75) is 83.0 Å². The molecule has 1 saturated carbocycles. The number of hydrogen-bond donors (Lipinski definition) is 1. The molecule has 5 nitrogen and oxygen atoms in total. The zero-order valence-electron chi connectivity index (χ0n) is 17.5. The van der Waals surface area contributed by atoms with Crippen LogP contribution in [0.4, 0.5) is 0 Å². The van der Waals surface area contributed by atoms with Gasteiger partial charge >= 0.3 is 0 Å². The summed E-state index contributed by atoms with van der Waals surface area (Å²) >= 11 is 1.81. The smallest absolute Gasteiger partial charge is 0.225 e. The second-order valence-electron chi connectivity index (χ2n) is 9.00. The van der Waals surface area contributed by atoms with E-state index >= 15 is 0 Å². The fraction of sp³-hybridized carbons (Fsp3) is 0.727. The molecule has 2 aromatic rings. The number of thiophene rings is 1. The maximum Gasteiger partial charge on any atom is 0.225 e. The molecule has 0 radical (unpaired) electrons. The Hall–Kier alpha value is -1.24. The van der Waals surface area contributed by atoms with Crippen molar-refractivity contribution >= 4 is 21.6 Å². The number of ether oxygens (including phenoxy) is 1. The van der Waals surface area contributed by atoms with Gasteiger partial charge in [-0.15, -0.1) is 11.3 Å². The maximum atomic E-state index is 9.97. The summed E-state index contributed by atoms with van der Waals surface area (Å²) in [7, 11) is 4.34. The van der Waals surface area contributed by atoms with E-state index in [4.69, 9.17) is 4.74 Å². The summed E-state index contributed by atoms with van der Waals surface area (Å²) in [5.41, 5.74) is 1.41. The van der Waals surface area contributed by atoms with Gasteiger partial charge in [0.25, 0.3) is 0 Å². The van der Waals surface area contributed by atoms with Gasteiger partial charge in [-0.1, -0.05) is 6.92 Å². The van der Waals surface area contributed by atoms with E-state index in [0.29, 0.717) is 17.9 Å². The summed E-state index contributed by atoms with van der Waals surface area (Å²) in [5.74, 6) is 1.56. The molecular formula is C22H33N3O2S. The molecule has 4 rings (SSSR count). The van der Waals surface area contributed by atoms with Gasteiger partial charge in [-0.2, -0.15) is 0 Å². The van der Waals surface area contributed by atoms with Crippen molar-refractivity contribution in [2.75, 3.05) is 14.1 Å². The first-order valence-corrected chi connectivity index (χ1v) is 11.5. The van der Waals surface area contributed by atoms with Gasteiger partial charge in [0.2, 0.25) is 5.88 Å². The normalized spacial score (nSPS) is 27.1. The van der Waals surface area contributed by atoms with Crippen molar-refractivity contribution in [3.8, 4) is 5.88 Å². The van der Waals surface area contributed by atoms with Crippen molar-refractivity contribution in [3.63, 3.8) is 0 Å². The second kappa shape index (κ2) is 8.25. The molecule has 6 heteroatoms. The fourth-order valence-electron chi connectivity index (χ4n) is 4.85.